The lowest BCUT2D eigenvalue weighted by Crippen LogP contribution is -2.51. The van der Waals surface area contributed by atoms with Gasteiger partial charge in [0.1, 0.15) is 0 Å². The van der Waals surface area contributed by atoms with E-state index in [9.17, 15) is 13.2 Å². The fourth-order valence-corrected chi connectivity index (χ4v) is 5.56. The molecular weight excluding hydrogens is 406 g/mol. The van der Waals surface area contributed by atoms with Gasteiger partial charge in [-0.25, -0.2) is 8.42 Å². The van der Waals surface area contributed by atoms with Gasteiger partial charge >= 0.3 is 0 Å². The van der Waals surface area contributed by atoms with E-state index in [2.05, 4.69) is 19.2 Å². The number of carbonyl (C=O) groups is 1. The molecule has 3 rings (SSSR count). The Balaban J connectivity index is 1.52. The summed E-state index contributed by atoms with van der Waals surface area (Å²) < 4.78 is 27.3. The number of hydrogen-bond acceptors (Lipinski definition) is 5. The molecule has 0 aliphatic carbocycles. The monoisotopic (exact) mass is 435 g/mol. The second kappa shape index (κ2) is 9.38. The van der Waals surface area contributed by atoms with Crippen LogP contribution in [0.25, 0.3) is 0 Å². The highest BCUT2D eigenvalue weighted by molar-refractivity contribution is 7.89. The Morgan fingerprint density at radius 2 is 1.72 bits per heavy atom. The normalized spacial score (nSPS) is 17.4. The van der Waals surface area contributed by atoms with Gasteiger partial charge in [0.15, 0.2) is 0 Å². The average Bonchev–Trinajstić information content (AvgIpc) is 3.23. The lowest BCUT2D eigenvalue weighted by Gasteiger charge is -2.33. The summed E-state index contributed by atoms with van der Waals surface area (Å²) in [6.45, 7) is 8.30. The smallest absolute Gasteiger partial charge is 0.243 e. The van der Waals surface area contributed by atoms with Crippen molar-refractivity contribution in [3.05, 3.63) is 52.2 Å². The second-order valence-electron chi connectivity index (χ2n) is 7.71. The number of benzene rings is 1. The van der Waals surface area contributed by atoms with Crippen molar-refractivity contribution in [2.75, 3.05) is 32.7 Å². The minimum absolute atomic E-state index is 0.0158. The molecule has 2 aromatic rings. The first-order valence-corrected chi connectivity index (χ1v) is 12.2. The van der Waals surface area contributed by atoms with Crippen LogP contribution in [0.5, 0.6) is 0 Å². The maximum absolute atomic E-state index is 12.9. The molecule has 29 heavy (non-hydrogen) atoms. The highest BCUT2D eigenvalue weighted by Gasteiger charge is 2.29. The summed E-state index contributed by atoms with van der Waals surface area (Å²) in [7, 11) is -3.50. The van der Waals surface area contributed by atoms with Crippen LogP contribution >= 0.6 is 11.3 Å². The summed E-state index contributed by atoms with van der Waals surface area (Å²) in [4.78, 5) is 15.8. The van der Waals surface area contributed by atoms with E-state index in [0.29, 0.717) is 37.0 Å². The van der Waals surface area contributed by atoms with Crippen LogP contribution in [-0.4, -0.2) is 56.3 Å². The fourth-order valence-electron chi connectivity index (χ4n) is 3.40. The third kappa shape index (κ3) is 5.45. The van der Waals surface area contributed by atoms with Crippen LogP contribution in [0.1, 0.15) is 43.2 Å². The Morgan fingerprint density at radius 1 is 1.07 bits per heavy atom. The van der Waals surface area contributed by atoms with Crippen LogP contribution in [0.4, 0.5) is 0 Å². The van der Waals surface area contributed by atoms with Gasteiger partial charge in [0.05, 0.1) is 17.5 Å². The van der Waals surface area contributed by atoms with Crippen LogP contribution in [-0.2, 0) is 14.8 Å². The predicted octanol–water partition coefficient (Wildman–Crippen LogP) is 3.06. The van der Waals surface area contributed by atoms with Gasteiger partial charge in [0.2, 0.25) is 15.9 Å². The van der Waals surface area contributed by atoms with Crippen molar-refractivity contribution >= 4 is 27.3 Å². The van der Waals surface area contributed by atoms with E-state index in [-0.39, 0.29) is 18.5 Å². The molecular formula is C21H29N3O3S2. The topological polar surface area (TPSA) is 69.7 Å². The highest BCUT2D eigenvalue weighted by Crippen LogP contribution is 2.21. The van der Waals surface area contributed by atoms with Gasteiger partial charge in [-0.3, -0.25) is 9.69 Å². The third-order valence-electron chi connectivity index (χ3n) is 5.23. The van der Waals surface area contributed by atoms with Crippen molar-refractivity contribution in [1.29, 1.82) is 0 Å². The molecule has 0 bridgehead atoms. The Labute approximate surface area is 177 Å². The van der Waals surface area contributed by atoms with Crippen LogP contribution in [0.2, 0.25) is 0 Å². The number of carbonyl (C=O) groups excluding carboxylic acids is 1. The third-order valence-corrected chi connectivity index (χ3v) is 8.20. The summed E-state index contributed by atoms with van der Waals surface area (Å²) in [5.74, 6) is 0.329. The summed E-state index contributed by atoms with van der Waals surface area (Å²) in [6, 6.07) is 11.1. The zero-order chi connectivity index (χ0) is 21.0. The van der Waals surface area contributed by atoms with E-state index in [0.717, 1.165) is 10.4 Å². The Morgan fingerprint density at radius 3 is 2.28 bits per heavy atom. The Bertz CT molecular complexity index is 901. The van der Waals surface area contributed by atoms with Gasteiger partial charge in [-0.2, -0.15) is 4.31 Å². The standard InChI is InChI=1S/C21H29N3O3S2/c1-16(2)18-6-8-19(9-7-18)29(26,27)24-12-10-23(11-13-24)15-21(25)22-17(3)20-5-4-14-28-20/h4-9,14,16-17H,10-13,15H2,1-3H3,(H,22,25)/t17-/m1/s1. The molecule has 1 aromatic heterocycles. The molecule has 6 nitrogen and oxygen atoms in total. The second-order valence-corrected chi connectivity index (χ2v) is 10.6. The molecule has 0 saturated carbocycles. The Hall–Kier alpha value is -1.74. The SMILES string of the molecule is CC(C)c1ccc(S(=O)(=O)N2CCN(CC(=O)N[C@H](C)c3cccs3)CC2)cc1. The van der Waals surface area contributed by atoms with E-state index in [1.165, 1.54) is 4.31 Å². The lowest BCUT2D eigenvalue weighted by molar-refractivity contribution is -0.123. The molecule has 1 fully saturated rings. The van der Waals surface area contributed by atoms with Crippen molar-refractivity contribution in [1.82, 2.24) is 14.5 Å². The van der Waals surface area contributed by atoms with Crippen molar-refractivity contribution in [3.8, 4) is 0 Å². The van der Waals surface area contributed by atoms with Gasteiger partial charge in [0.25, 0.3) is 0 Å². The quantitative estimate of drug-likeness (QED) is 0.726. The molecule has 2 heterocycles. The number of sulfonamides is 1. The molecule has 0 unspecified atom stereocenters. The van der Waals surface area contributed by atoms with Gasteiger partial charge in [-0.15, -0.1) is 11.3 Å². The predicted molar refractivity (Wildman–Crippen MR) is 117 cm³/mol. The molecule has 1 aliphatic rings. The number of hydrogen-bond donors (Lipinski definition) is 1. The van der Waals surface area contributed by atoms with E-state index < -0.39 is 10.0 Å². The van der Waals surface area contributed by atoms with Crippen molar-refractivity contribution < 1.29 is 13.2 Å². The van der Waals surface area contributed by atoms with Crippen LogP contribution in [0.15, 0.2) is 46.7 Å². The average molecular weight is 436 g/mol. The van der Waals surface area contributed by atoms with E-state index >= 15 is 0 Å². The fraction of sp³-hybridized carbons (Fsp3) is 0.476. The van der Waals surface area contributed by atoms with E-state index in [1.54, 1.807) is 23.5 Å². The first-order chi connectivity index (χ1) is 13.8. The van der Waals surface area contributed by atoms with Crippen molar-refractivity contribution in [3.63, 3.8) is 0 Å². The summed E-state index contributed by atoms with van der Waals surface area (Å²) >= 11 is 1.62. The molecule has 1 amide bonds. The maximum Gasteiger partial charge on any atom is 0.243 e. The minimum Gasteiger partial charge on any atom is -0.348 e. The van der Waals surface area contributed by atoms with Gasteiger partial charge < -0.3 is 5.32 Å². The van der Waals surface area contributed by atoms with E-state index in [4.69, 9.17) is 0 Å². The molecule has 0 spiro atoms. The number of nitrogens with zero attached hydrogens (tertiary/aromatic N) is 2. The zero-order valence-corrected chi connectivity index (χ0v) is 18.8. The summed E-state index contributed by atoms with van der Waals surface area (Å²) in [6.07, 6.45) is 0. The highest BCUT2D eigenvalue weighted by atomic mass is 32.2. The maximum atomic E-state index is 12.9. The molecule has 8 heteroatoms. The minimum atomic E-state index is -3.50. The van der Waals surface area contributed by atoms with Gasteiger partial charge in [0, 0.05) is 31.1 Å². The number of amides is 1. The van der Waals surface area contributed by atoms with Crippen molar-refractivity contribution in [2.24, 2.45) is 0 Å². The van der Waals surface area contributed by atoms with Gasteiger partial charge in [-0.05, 0) is 42.0 Å². The lowest BCUT2D eigenvalue weighted by atomic mass is 10.0. The number of thiophene rings is 1. The van der Waals surface area contributed by atoms with Crippen LogP contribution in [0, 0.1) is 0 Å². The first kappa shape index (κ1) is 22.0. The van der Waals surface area contributed by atoms with E-state index in [1.807, 2.05) is 41.5 Å². The first-order valence-electron chi connectivity index (χ1n) is 9.92. The molecule has 158 valence electrons. The number of rotatable bonds is 7. The largest absolute Gasteiger partial charge is 0.348 e. The van der Waals surface area contributed by atoms with Crippen LogP contribution < -0.4 is 5.32 Å². The molecule has 1 aliphatic heterocycles. The summed E-state index contributed by atoms with van der Waals surface area (Å²) in [5.41, 5.74) is 1.12. The van der Waals surface area contributed by atoms with Gasteiger partial charge in [-0.1, -0.05) is 32.0 Å². The zero-order valence-electron chi connectivity index (χ0n) is 17.2. The summed E-state index contributed by atoms with van der Waals surface area (Å²) in [5, 5.41) is 5.00. The molecule has 0 radical (unpaired) electrons. The molecule has 1 N–H and O–H groups in total. The number of piperazine rings is 1. The molecule has 1 aromatic carbocycles. The molecule has 1 atom stereocenters. The van der Waals surface area contributed by atoms with Crippen molar-refractivity contribution in [2.45, 2.75) is 37.6 Å². The number of nitrogens with one attached hydrogen (secondary N) is 1. The Kier molecular flexibility index (Phi) is 7.10. The van der Waals surface area contributed by atoms with Crippen LogP contribution in [0.3, 0.4) is 0 Å². The molecule has 1 saturated heterocycles.